The molecule has 0 unspecified atom stereocenters. The van der Waals surface area contributed by atoms with Crippen LogP contribution < -0.4 is 81.6 Å². The van der Waals surface area contributed by atoms with Crippen LogP contribution in [0.5, 0.6) is 0 Å². The Balaban J connectivity index is -0.000000102. The van der Waals surface area contributed by atoms with Crippen LogP contribution in [0.1, 0.15) is 75.4 Å². The van der Waals surface area contributed by atoms with Crippen molar-refractivity contribution in [2.45, 2.75) is 109 Å². The number of halogens is 6. The van der Waals surface area contributed by atoms with E-state index in [0.717, 1.165) is 74.2 Å². The molecule has 0 atom stereocenters. The van der Waals surface area contributed by atoms with Crippen molar-refractivity contribution in [3.8, 4) is 0 Å². The number of imidazole rings is 3. The van der Waals surface area contributed by atoms with E-state index < -0.39 is 41.6 Å². The van der Waals surface area contributed by atoms with E-state index in [1.807, 2.05) is 58.2 Å². The Morgan fingerprint density at radius 2 is 1.12 bits per heavy atom. The molecule has 0 saturated heterocycles. The number of allylic oxidation sites excluding steroid dienone is 1. The van der Waals surface area contributed by atoms with Gasteiger partial charge in [-0.05, 0) is 39.6 Å². The standard InChI is InChI=1S/2C8H15N2O.C6H9N2.C6H10N2.C3H7BrO.2C2H6.CH4.BrH.F2HNO4S2.F2NO4S2.K/c2*1-3-9-4-5-10(8-9)6-7-11-2;1-3-8-4-6(2)7-5-8;1-3-8-5-7-4-6(8)2;1-5-3-2-4;2*1-2;;;2*1-8(4,5)3-9(2,6)7;/h2*4-5,8H,3,6-7H2,1-2H3;4H,3H2,1-2H3;4-5H,3H2,1-2H3;2-3H2,1H3;2*1-2H3;1H4;1H;3H;;/q3*+1;;;;;;;;-1;+1/p-1. The first-order valence-electron chi connectivity index (χ1n) is 19.5. The summed E-state index contributed by atoms with van der Waals surface area (Å²) in [5, 5.41) is 0.934. The molecule has 4 rings (SSSR count). The third kappa shape index (κ3) is 60.8. The number of nitrogens with one attached hydrogen (secondary N) is 1. The first-order chi connectivity index (χ1) is 30.2. The van der Waals surface area contributed by atoms with Gasteiger partial charge in [0.25, 0.3) is 6.34 Å². The van der Waals surface area contributed by atoms with Gasteiger partial charge in [-0.25, -0.2) is 40.1 Å². The molecule has 0 spiro atoms. The number of aryl methyl sites for hydroxylation is 4. The molecule has 0 saturated carbocycles. The van der Waals surface area contributed by atoms with Crippen LogP contribution in [0.2, 0.25) is 0 Å². The van der Waals surface area contributed by atoms with E-state index >= 15 is 0 Å². The van der Waals surface area contributed by atoms with E-state index in [9.17, 15) is 49.2 Å². The predicted octanol–water partition coefficient (Wildman–Crippen LogP) is -0.299. The van der Waals surface area contributed by atoms with Gasteiger partial charge in [-0.2, -0.15) is 21.7 Å². The van der Waals surface area contributed by atoms with Crippen LogP contribution in [0.25, 0.3) is 4.13 Å². The molecule has 4 heterocycles. The Kier molecular flexibility index (Phi) is 62.2. The van der Waals surface area contributed by atoms with E-state index in [0.29, 0.717) is 0 Å². The second-order valence-corrected chi connectivity index (χ2v) is 16.5. The molecule has 3 aromatic rings. The summed E-state index contributed by atoms with van der Waals surface area (Å²) in [7, 11) is -17.1. The molecule has 0 amide bonds. The molecule has 1 aliphatic rings. The van der Waals surface area contributed by atoms with Crippen molar-refractivity contribution in [1.29, 1.82) is 0 Å². The van der Waals surface area contributed by atoms with Gasteiger partial charge < -0.3 is 39.9 Å². The van der Waals surface area contributed by atoms with Crippen molar-refractivity contribution >= 4 is 63.9 Å². The second-order valence-electron chi connectivity index (χ2n) is 11.1. The van der Waals surface area contributed by atoms with E-state index in [-0.39, 0.29) is 79.9 Å². The average Bonchev–Trinajstić information content (AvgIpc) is 4.05. The Labute approximate surface area is 466 Å². The quantitative estimate of drug-likeness (QED) is 0.0485. The zero-order chi connectivity index (χ0) is 51.7. The third-order valence-corrected chi connectivity index (χ3v) is 9.63. The fraction of sp³-hybridized carbons (Fsp3) is 0.667. The van der Waals surface area contributed by atoms with Crippen LogP contribution in [0, 0.1) is 6.92 Å². The maximum Gasteiger partial charge on any atom is 1.00 e. The minimum atomic E-state index is -5.62. The number of methoxy groups -OCH3 is 3. The number of nitrogens with zero attached hydrogens (tertiary/aromatic N) is 9. The summed E-state index contributed by atoms with van der Waals surface area (Å²) >= 11 is 3.18. The van der Waals surface area contributed by atoms with Gasteiger partial charge in [-0.3, -0.25) is 0 Å². The zero-order valence-electron chi connectivity index (χ0n) is 40.7. The van der Waals surface area contributed by atoms with Crippen molar-refractivity contribution in [1.82, 2.24) is 27.7 Å². The molecule has 1 aliphatic heterocycles. The minimum absolute atomic E-state index is 0. The molecule has 0 radical (unpaired) electrons. The van der Waals surface area contributed by atoms with E-state index in [2.05, 4.69) is 132 Å². The summed E-state index contributed by atoms with van der Waals surface area (Å²) in [5.41, 5.74) is 2.26. The summed E-state index contributed by atoms with van der Waals surface area (Å²) in [4.78, 5) is 9.81. The molecule has 21 nitrogen and oxygen atoms in total. The smallest absolute Gasteiger partial charge is 1.00 e. The van der Waals surface area contributed by atoms with E-state index in [1.165, 1.54) is 5.69 Å². The van der Waals surface area contributed by atoms with Gasteiger partial charge >= 0.3 is 72.2 Å². The molecular weight excluding hydrogens is 1150 g/mol. The molecule has 3 aromatic heterocycles. The topological polar surface area (TPSA) is 241 Å². The summed E-state index contributed by atoms with van der Waals surface area (Å²) in [5.74, 6) is 0. The van der Waals surface area contributed by atoms with E-state index in [1.54, 1.807) is 21.3 Å². The monoisotopic (exact) mass is 1220 g/mol. The van der Waals surface area contributed by atoms with Crippen LogP contribution in [-0.4, -0.2) is 117 Å². The van der Waals surface area contributed by atoms with Gasteiger partial charge in [0.2, 0.25) is 39.2 Å². The number of aromatic nitrogens is 6. The van der Waals surface area contributed by atoms with Crippen molar-refractivity contribution in [3.05, 3.63) is 71.7 Å². The normalized spacial score (nSPS) is 10.8. The van der Waals surface area contributed by atoms with Crippen molar-refractivity contribution < 1.29 is 141 Å². The van der Waals surface area contributed by atoms with E-state index in [4.69, 9.17) is 9.47 Å². The van der Waals surface area contributed by atoms with Gasteiger partial charge in [0.1, 0.15) is 37.9 Å². The summed E-state index contributed by atoms with van der Waals surface area (Å²) in [6.07, 6.45) is 20.9. The Hall–Kier alpha value is -1.33. The Morgan fingerprint density at radius 1 is 0.721 bits per heavy atom. The number of alkyl halides is 1. The van der Waals surface area contributed by atoms with Gasteiger partial charge in [0.05, 0.1) is 45.8 Å². The first kappa shape index (κ1) is 83.5. The molecule has 0 aliphatic carbocycles. The summed E-state index contributed by atoms with van der Waals surface area (Å²) in [6.45, 7) is 28.7. The number of hydrogen-bond acceptors (Lipinski definition) is 14. The number of rotatable bonds is 16. The molecule has 68 heavy (non-hydrogen) atoms. The van der Waals surface area contributed by atoms with Gasteiger partial charge in [-0.1, -0.05) is 63.0 Å². The molecule has 398 valence electrons. The average molecular weight is 1230 g/mol. The maximum absolute atomic E-state index is 11.1. The van der Waals surface area contributed by atoms with Crippen LogP contribution >= 0.6 is 15.9 Å². The van der Waals surface area contributed by atoms with Gasteiger partial charge in [0.15, 0.2) is 6.20 Å². The number of hydrogen-bond donors (Lipinski definition) is 1. The van der Waals surface area contributed by atoms with Gasteiger partial charge in [-0.15, -0.1) is 7.77 Å². The van der Waals surface area contributed by atoms with Crippen LogP contribution in [0.15, 0.2) is 66.9 Å². The maximum atomic E-state index is 11.1. The first-order valence-corrected chi connectivity index (χ1v) is 26.1. The van der Waals surface area contributed by atoms with Crippen molar-refractivity contribution in [3.63, 3.8) is 0 Å². The number of ether oxygens (including phenoxy) is 3. The van der Waals surface area contributed by atoms with Crippen molar-refractivity contribution in [2.75, 3.05) is 53.0 Å². The van der Waals surface area contributed by atoms with Gasteiger partial charge in [0, 0.05) is 52.0 Å². The van der Waals surface area contributed by atoms with Crippen LogP contribution in [-0.2, 0) is 88.6 Å². The number of aliphatic imine (C=N–C) groups is 1. The van der Waals surface area contributed by atoms with Crippen LogP contribution in [0.4, 0.5) is 15.5 Å². The van der Waals surface area contributed by atoms with Crippen LogP contribution in [0.3, 0.4) is 0 Å². The molecular formula is C36H73Br2F4KN10O11S4+2. The minimum Gasteiger partial charge on any atom is -1.00 e. The molecule has 32 heteroatoms. The Bertz CT molecular complexity index is 1950. The molecule has 0 fully saturated rings. The second kappa shape index (κ2) is 50.6. The fourth-order valence-electron chi connectivity index (χ4n) is 3.52. The molecule has 0 aromatic carbocycles. The largest absolute Gasteiger partial charge is 1.00 e. The predicted molar refractivity (Wildman–Crippen MR) is 252 cm³/mol. The molecule has 0 bridgehead atoms. The van der Waals surface area contributed by atoms with Crippen molar-refractivity contribution in [2.24, 2.45) is 4.99 Å². The fourth-order valence-corrected chi connectivity index (χ4v) is 5.64. The molecule has 1 N–H and O–H groups in total. The Morgan fingerprint density at radius 3 is 1.26 bits per heavy atom. The zero-order valence-corrected chi connectivity index (χ0v) is 50.2. The SMILES string of the molecule is C.CC.CC.CCN1[C+]=NC(C)=C1.CCn1cc[n+](CCOC)c1.CCn1cc[n+](CCOC)c1.CCn1cncc1C.COCCBr.O=S(=O)(F)NS(=O)(=O)F.O=S(=O)(F)[N-]S(=O)(=O)F.[Br-].[K+]. The summed E-state index contributed by atoms with van der Waals surface area (Å²) < 4.78 is 145. The third-order valence-electron chi connectivity index (χ3n) is 6.29. The summed E-state index contributed by atoms with van der Waals surface area (Å²) in [6, 6.07) is 0.